The molecule has 0 aromatic heterocycles. The minimum absolute atomic E-state index is 0.0373. The van der Waals surface area contributed by atoms with E-state index in [4.69, 9.17) is 22.1 Å². The monoisotopic (exact) mass is 243 g/mol. The number of benzene rings is 1. The third kappa shape index (κ3) is 3.03. The van der Waals surface area contributed by atoms with Gasteiger partial charge in [0.25, 0.3) is 0 Å². The van der Waals surface area contributed by atoms with Gasteiger partial charge < -0.3 is 15.6 Å². The minimum Gasteiger partial charge on any atom is -0.503 e. The van der Waals surface area contributed by atoms with Gasteiger partial charge in [-0.1, -0.05) is 25.4 Å². The topological polar surface area (TPSA) is 55.5 Å². The molecule has 0 aliphatic heterocycles. The maximum atomic E-state index is 9.59. The fraction of sp³-hybridized carbons (Fsp3) is 0.500. The smallest absolute Gasteiger partial charge is 0.176 e. The van der Waals surface area contributed by atoms with Gasteiger partial charge in [-0.2, -0.15) is 0 Å². The molecule has 4 heteroatoms. The van der Waals surface area contributed by atoms with Crippen molar-refractivity contribution in [2.24, 2.45) is 11.7 Å². The van der Waals surface area contributed by atoms with Crippen LogP contribution in [-0.2, 0) is 0 Å². The molecule has 0 saturated heterocycles. The highest BCUT2D eigenvalue weighted by molar-refractivity contribution is 6.32. The highest BCUT2D eigenvalue weighted by Gasteiger charge is 2.14. The van der Waals surface area contributed by atoms with Gasteiger partial charge in [0.15, 0.2) is 11.5 Å². The second-order valence-corrected chi connectivity index (χ2v) is 4.70. The molecule has 0 fully saturated rings. The normalized spacial score (nSPS) is 12.9. The molecule has 0 amide bonds. The first kappa shape index (κ1) is 13.1. The van der Waals surface area contributed by atoms with E-state index in [-0.39, 0.29) is 16.8 Å². The molecule has 0 radical (unpaired) electrons. The van der Waals surface area contributed by atoms with Crippen LogP contribution in [0.15, 0.2) is 12.1 Å². The van der Waals surface area contributed by atoms with Crippen LogP contribution in [0.3, 0.4) is 0 Å². The van der Waals surface area contributed by atoms with E-state index in [0.717, 1.165) is 12.0 Å². The summed E-state index contributed by atoms with van der Waals surface area (Å²) < 4.78 is 5.03. The number of halogens is 1. The molecular weight excluding hydrogens is 226 g/mol. The first-order valence-electron chi connectivity index (χ1n) is 5.27. The summed E-state index contributed by atoms with van der Waals surface area (Å²) in [7, 11) is 1.49. The lowest BCUT2D eigenvalue weighted by Gasteiger charge is -2.16. The third-order valence-electron chi connectivity index (χ3n) is 2.42. The van der Waals surface area contributed by atoms with E-state index in [9.17, 15) is 5.11 Å². The Morgan fingerprint density at radius 3 is 2.56 bits per heavy atom. The predicted molar refractivity (Wildman–Crippen MR) is 66.1 cm³/mol. The Morgan fingerprint density at radius 2 is 2.06 bits per heavy atom. The van der Waals surface area contributed by atoms with Crippen LogP contribution in [-0.4, -0.2) is 12.2 Å². The summed E-state index contributed by atoms with van der Waals surface area (Å²) in [6.07, 6.45) is 0.865. The van der Waals surface area contributed by atoms with E-state index >= 15 is 0 Å². The summed E-state index contributed by atoms with van der Waals surface area (Å²) in [4.78, 5) is 0. The van der Waals surface area contributed by atoms with Crippen LogP contribution in [0.4, 0.5) is 0 Å². The highest BCUT2D eigenvalue weighted by Crippen LogP contribution is 2.37. The highest BCUT2D eigenvalue weighted by atomic mass is 35.5. The van der Waals surface area contributed by atoms with Crippen LogP contribution in [0.25, 0.3) is 0 Å². The van der Waals surface area contributed by atoms with Gasteiger partial charge in [-0.05, 0) is 30.0 Å². The zero-order valence-corrected chi connectivity index (χ0v) is 10.6. The summed E-state index contributed by atoms with van der Waals surface area (Å²) in [6, 6.07) is 3.33. The van der Waals surface area contributed by atoms with Gasteiger partial charge >= 0.3 is 0 Å². The molecule has 3 N–H and O–H groups in total. The number of ether oxygens (including phenoxy) is 1. The Hall–Kier alpha value is -0.930. The SMILES string of the molecule is COc1cc([C@H](N)CC(C)C)cc(Cl)c1O. The number of phenols is 1. The van der Waals surface area contributed by atoms with E-state index < -0.39 is 0 Å². The molecule has 0 bridgehead atoms. The average Bonchev–Trinajstić information content (AvgIpc) is 2.20. The fourth-order valence-electron chi connectivity index (χ4n) is 1.61. The molecule has 0 heterocycles. The second-order valence-electron chi connectivity index (χ2n) is 4.29. The lowest BCUT2D eigenvalue weighted by atomic mass is 9.97. The number of hydrogen-bond acceptors (Lipinski definition) is 3. The summed E-state index contributed by atoms with van der Waals surface area (Å²) in [6.45, 7) is 4.22. The van der Waals surface area contributed by atoms with Crippen molar-refractivity contribution in [2.75, 3.05) is 7.11 Å². The third-order valence-corrected chi connectivity index (χ3v) is 2.71. The van der Waals surface area contributed by atoms with E-state index in [1.807, 2.05) is 0 Å². The van der Waals surface area contributed by atoms with Gasteiger partial charge in [-0.15, -0.1) is 0 Å². The molecule has 1 atom stereocenters. The van der Waals surface area contributed by atoms with E-state index in [2.05, 4.69) is 13.8 Å². The van der Waals surface area contributed by atoms with Crippen molar-refractivity contribution in [2.45, 2.75) is 26.3 Å². The van der Waals surface area contributed by atoms with Crippen LogP contribution in [0.1, 0.15) is 31.9 Å². The van der Waals surface area contributed by atoms with E-state index in [1.54, 1.807) is 12.1 Å². The molecule has 0 unspecified atom stereocenters. The number of nitrogens with two attached hydrogens (primary N) is 1. The van der Waals surface area contributed by atoms with Crippen molar-refractivity contribution in [1.29, 1.82) is 0 Å². The van der Waals surface area contributed by atoms with Crippen LogP contribution < -0.4 is 10.5 Å². The largest absolute Gasteiger partial charge is 0.503 e. The van der Waals surface area contributed by atoms with Crippen molar-refractivity contribution < 1.29 is 9.84 Å². The average molecular weight is 244 g/mol. The maximum Gasteiger partial charge on any atom is 0.176 e. The zero-order chi connectivity index (χ0) is 12.3. The number of phenolic OH excluding ortho intramolecular Hbond substituents is 1. The van der Waals surface area contributed by atoms with Gasteiger partial charge in [0.1, 0.15) is 0 Å². The Kier molecular flexibility index (Phi) is 4.44. The molecule has 0 aliphatic carbocycles. The molecule has 1 aromatic rings. The van der Waals surface area contributed by atoms with Crippen molar-refractivity contribution >= 4 is 11.6 Å². The van der Waals surface area contributed by atoms with Crippen molar-refractivity contribution in [3.05, 3.63) is 22.7 Å². The van der Waals surface area contributed by atoms with E-state index in [1.165, 1.54) is 7.11 Å². The Balaban J connectivity index is 3.01. The minimum atomic E-state index is -0.0907. The number of methoxy groups -OCH3 is 1. The van der Waals surface area contributed by atoms with Crippen LogP contribution in [0.2, 0.25) is 5.02 Å². The Morgan fingerprint density at radius 1 is 1.44 bits per heavy atom. The second kappa shape index (κ2) is 5.41. The molecule has 0 spiro atoms. The summed E-state index contributed by atoms with van der Waals surface area (Å²) in [5, 5.41) is 9.86. The van der Waals surface area contributed by atoms with Crippen LogP contribution >= 0.6 is 11.6 Å². The quantitative estimate of drug-likeness (QED) is 0.855. The van der Waals surface area contributed by atoms with Crippen LogP contribution in [0.5, 0.6) is 11.5 Å². The summed E-state index contributed by atoms with van der Waals surface area (Å²) >= 11 is 5.89. The molecule has 3 nitrogen and oxygen atoms in total. The van der Waals surface area contributed by atoms with Gasteiger partial charge in [0.2, 0.25) is 0 Å². The molecule has 0 aliphatic rings. The molecular formula is C12H18ClNO2. The molecule has 0 saturated carbocycles. The van der Waals surface area contributed by atoms with Crippen molar-refractivity contribution in [3.63, 3.8) is 0 Å². The van der Waals surface area contributed by atoms with Crippen molar-refractivity contribution in [1.82, 2.24) is 0 Å². The molecule has 16 heavy (non-hydrogen) atoms. The first-order valence-corrected chi connectivity index (χ1v) is 5.65. The Labute approximate surface area is 101 Å². The standard InChI is InChI=1S/C12H18ClNO2/c1-7(2)4-10(14)8-5-9(13)12(15)11(6-8)16-3/h5-7,10,15H,4,14H2,1-3H3/t10-/m1/s1. The predicted octanol–water partition coefficient (Wildman–Crippen LogP) is 3.10. The van der Waals surface area contributed by atoms with Gasteiger partial charge in [-0.25, -0.2) is 0 Å². The molecule has 90 valence electrons. The number of hydrogen-bond donors (Lipinski definition) is 2. The van der Waals surface area contributed by atoms with E-state index in [0.29, 0.717) is 11.7 Å². The van der Waals surface area contributed by atoms with Gasteiger partial charge in [0.05, 0.1) is 12.1 Å². The van der Waals surface area contributed by atoms with Crippen LogP contribution in [0, 0.1) is 5.92 Å². The summed E-state index contributed by atoms with van der Waals surface area (Å²) in [5.74, 6) is 0.833. The number of aromatic hydroxyl groups is 1. The zero-order valence-electron chi connectivity index (χ0n) is 9.83. The maximum absolute atomic E-state index is 9.59. The van der Waals surface area contributed by atoms with Crippen molar-refractivity contribution in [3.8, 4) is 11.5 Å². The van der Waals surface area contributed by atoms with Gasteiger partial charge in [-0.3, -0.25) is 0 Å². The fourth-order valence-corrected chi connectivity index (χ4v) is 1.83. The summed E-state index contributed by atoms with van der Waals surface area (Å²) in [5.41, 5.74) is 6.93. The lowest BCUT2D eigenvalue weighted by Crippen LogP contribution is -2.13. The molecule has 1 aromatic carbocycles. The van der Waals surface area contributed by atoms with Gasteiger partial charge in [0, 0.05) is 6.04 Å². The lowest BCUT2D eigenvalue weighted by molar-refractivity contribution is 0.372. The number of rotatable bonds is 4. The first-order chi connectivity index (χ1) is 7.45. The molecule has 1 rings (SSSR count). The Bertz CT molecular complexity index is 366.